The molecule has 0 aliphatic carbocycles. The number of thioether (sulfide) groups is 1. The van der Waals surface area contributed by atoms with Gasteiger partial charge in [0, 0.05) is 23.0 Å². The lowest BCUT2D eigenvalue weighted by molar-refractivity contribution is -0.133. The normalized spacial score (nSPS) is 22.9. The molecule has 2 atom stereocenters. The average molecular weight is 441 g/mol. The second-order valence-electron chi connectivity index (χ2n) is 8.27. The van der Waals surface area contributed by atoms with Gasteiger partial charge in [-0.15, -0.1) is 0 Å². The lowest BCUT2D eigenvalue weighted by Gasteiger charge is -2.37. The minimum atomic E-state index is -0.148. The molecule has 0 N–H and O–H groups in total. The molecule has 4 rings (SSSR count). The number of piperidine rings is 1. The van der Waals surface area contributed by atoms with Crippen LogP contribution in [0.2, 0.25) is 5.02 Å². The van der Waals surface area contributed by atoms with Gasteiger partial charge < -0.3 is 4.90 Å². The van der Waals surface area contributed by atoms with Gasteiger partial charge in [-0.05, 0) is 54.2 Å². The van der Waals surface area contributed by atoms with Crippen LogP contribution in [0.1, 0.15) is 25.8 Å². The smallest absolute Gasteiger partial charge is 0.265 e. The van der Waals surface area contributed by atoms with E-state index in [2.05, 4.69) is 13.8 Å². The summed E-state index contributed by atoms with van der Waals surface area (Å²) in [6.45, 7) is 5.93. The number of carbonyl (C=O) groups excluding carboxylic acids is 2. The zero-order valence-corrected chi connectivity index (χ0v) is 18.7. The highest BCUT2D eigenvalue weighted by molar-refractivity contribution is 8.04. The number of para-hydroxylation sites is 1. The van der Waals surface area contributed by atoms with E-state index in [1.165, 1.54) is 11.8 Å². The molecule has 2 heterocycles. The molecule has 1 fully saturated rings. The first-order valence-corrected chi connectivity index (χ1v) is 11.4. The minimum absolute atomic E-state index is 0.00515. The zero-order valence-electron chi connectivity index (χ0n) is 17.2. The third kappa shape index (κ3) is 4.57. The van der Waals surface area contributed by atoms with Gasteiger partial charge in [-0.1, -0.05) is 61.5 Å². The summed E-state index contributed by atoms with van der Waals surface area (Å²) in [4.78, 5) is 31.6. The van der Waals surface area contributed by atoms with E-state index in [-0.39, 0.29) is 18.4 Å². The van der Waals surface area contributed by atoms with E-state index < -0.39 is 0 Å². The molecule has 0 saturated carbocycles. The fourth-order valence-corrected chi connectivity index (χ4v) is 5.53. The molecule has 0 radical (unpaired) electrons. The monoisotopic (exact) mass is 440 g/mol. The van der Waals surface area contributed by atoms with Crippen LogP contribution in [0.15, 0.2) is 58.3 Å². The Kier molecular flexibility index (Phi) is 6.21. The number of benzene rings is 2. The first kappa shape index (κ1) is 21.0. The van der Waals surface area contributed by atoms with Crippen molar-refractivity contribution in [2.75, 3.05) is 24.5 Å². The number of halogens is 1. The van der Waals surface area contributed by atoms with Crippen molar-refractivity contribution in [1.82, 2.24) is 4.90 Å². The minimum Gasteiger partial charge on any atom is -0.341 e. The number of rotatable bonds is 3. The van der Waals surface area contributed by atoms with Gasteiger partial charge in [0.1, 0.15) is 6.54 Å². The predicted molar refractivity (Wildman–Crippen MR) is 124 cm³/mol. The summed E-state index contributed by atoms with van der Waals surface area (Å²) >= 11 is 7.54. The number of hydrogen-bond acceptors (Lipinski definition) is 3. The Balaban J connectivity index is 1.62. The van der Waals surface area contributed by atoms with Crippen molar-refractivity contribution in [3.63, 3.8) is 0 Å². The van der Waals surface area contributed by atoms with Gasteiger partial charge in [-0.25, -0.2) is 0 Å². The van der Waals surface area contributed by atoms with Crippen molar-refractivity contribution in [1.29, 1.82) is 0 Å². The van der Waals surface area contributed by atoms with Crippen LogP contribution in [0.5, 0.6) is 0 Å². The van der Waals surface area contributed by atoms with Gasteiger partial charge in [0.25, 0.3) is 5.91 Å². The van der Waals surface area contributed by atoms with Gasteiger partial charge >= 0.3 is 0 Å². The van der Waals surface area contributed by atoms with Gasteiger partial charge in [0.2, 0.25) is 5.91 Å². The molecule has 1 saturated heterocycles. The molecule has 2 aromatic carbocycles. The Bertz CT molecular complexity index is 996. The summed E-state index contributed by atoms with van der Waals surface area (Å²) in [7, 11) is 0. The molecular formula is C24H25ClN2O2S. The highest BCUT2D eigenvalue weighted by Gasteiger charge is 2.33. The standard InChI is InChI=1S/C24H25ClN2O2S/c1-16-10-17(2)14-26(13-16)23(28)15-27-20-8-3-4-9-21(20)30-22(24(27)29)12-18-6-5-7-19(25)11-18/h3-9,11-12,16-17H,10,13-15H2,1-2H3/b22-12+. The Morgan fingerprint density at radius 3 is 2.60 bits per heavy atom. The zero-order chi connectivity index (χ0) is 21.3. The van der Waals surface area contributed by atoms with Gasteiger partial charge in [-0.2, -0.15) is 0 Å². The SMILES string of the molecule is CC1CC(C)CN(C(=O)CN2C(=O)/C(=C\c3cccc(Cl)c3)Sc3ccccc32)C1. The number of fused-ring (bicyclic) bond motifs is 1. The van der Waals surface area contributed by atoms with Crippen LogP contribution in [-0.2, 0) is 9.59 Å². The van der Waals surface area contributed by atoms with Crippen molar-refractivity contribution in [3.05, 3.63) is 64.0 Å². The van der Waals surface area contributed by atoms with Crippen molar-refractivity contribution in [3.8, 4) is 0 Å². The summed E-state index contributed by atoms with van der Waals surface area (Å²) < 4.78 is 0. The van der Waals surface area contributed by atoms with Crippen LogP contribution in [0.4, 0.5) is 5.69 Å². The Morgan fingerprint density at radius 2 is 1.87 bits per heavy atom. The number of anilines is 1. The van der Waals surface area contributed by atoms with Gasteiger partial charge in [0.15, 0.2) is 0 Å². The summed E-state index contributed by atoms with van der Waals surface area (Å²) in [5, 5.41) is 0.624. The molecule has 6 heteroatoms. The largest absolute Gasteiger partial charge is 0.341 e. The Hall–Kier alpha value is -2.24. The van der Waals surface area contributed by atoms with Crippen molar-refractivity contribution in [2.45, 2.75) is 25.2 Å². The van der Waals surface area contributed by atoms with Crippen LogP contribution in [0.25, 0.3) is 6.08 Å². The van der Waals surface area contributed by atoms with Crippen molar-refractivity contribution >= 4 is 46.9 Å². The van der Waals surface area contributed by atoms with Crippen LogP contribution >= 0.6 is 23.4 Å². The molecule has 0 aromatic heterocycles. The maximum atomic E-state index is 13.4. The Labute approximate surface area is 186 Å². The van der Waals surface area contributed by atoms with Crippen LogP contribution < -0.4 is 4.90 Å². The predicted octanol–water partition coefficient (Wildman–Crippen LogP) is 5.32. The molecule has 0 spiro atoms. The lowest BCUT2D eigenvalue weighted by Crippen LogP contribution is -2.49. The molecule has 2 amide bonds. The molecule has 156 valence electrons. The Morgan fingerprint density at radius 1 is 1.13 bits per heavy atom. The highest BCUT2D eigenvalue weighted by Crippen LogP contribution is 2.42. The molecule has 0 bridgehead atoms. The third-order valence-electron chi connectivity index (χ3n) is 5.49. The van der Waals surface area contributed by atoms with E-state index in [1.54, 1.807) is 11.0 Å². The fraction of sp³-hybridized carbons (Fsp3) is 0.333. The second kappa shape index (κ2) is 8.86. The molecule has 2 aromatic rings. The number of hydrogen-bond donors (Lipinski definition) is 0. The summed E-state index contributed by atoms with van der Waals surface area (Å²) in [6, 6.07) is 15.2. The first-order valence-electron chi connectivity index (χ1n) is 10.2. The molecule has 4 nitrogen and oxygen atoms in total. The van der Waals surface area contributed by atoms with Crippen LogP contribution in [0, 0.1) is 11.8 Å². The van der Waals surface area contributed by atoms with Crippen molar-refractivity contribution < 1.29 is 9.59 Å². The average Bonchev–Trinajstić information content (AvgIpc) is 2.70. The summed E-state index contributed by atoms with van der Waals surface area (Å²) in [5.41, 5.74) is 1.66. The third-order valence-corrected chi connectivity index (χ3v) is 6.81. The molecule has 2 aliphatic heterocycles. The van der Waals surface area contributed by atoms with E-state index in [0.717, 1.165) is 35.7 Å². The fourth-order valence-electron chi connectivity index (χ4n) is 4.27. The molecule has 2 unspecified atom stereocenters. The van der Waals surface area contributed by atoms with E-state index in [1.807, 2.05) is 53.4 Å². The molecule has 30 heavy (non-hydrogen) atoms. The van der Waals surface area contributed by atoms with E-state index >= 15 is 0 Å². The molecular weight excluding hydrogens is 416 g/mol. The number of likely N-dealkylation sites (tertiary alicyclic amines) is 1. The van der Waals surface area contributed by atoms with E-state index in [9.17, 15) is 9.59 Å². The lowest BCUT2D eigenvalue weighted by atomic mass is 9.92. The topological polar surface area (TPSA) is 40.6 Å². The molecule has 2 aliphatic rings. The highest BCUT2D eigenvalue weighted by atomic mass is 35.5. The summed E-state index contributed by atoms with van der Waals surface area (Å²) in [6.07, 6.45) is 2.98. The summed E-state index contributed by atoms with van der Waals surface area (Å²) in [5.74, 6) is 0.822. The first-order chi connectivity index (χ1) is 14.4. The number of amides is 2. The van der Waals surface area contributed by atoms with Crippen molar-refractivity contribution in [2.24, 2.45) is 11.8 Å². The second-order valence-corrected chi connectivity index (χ2v) is 9.79. The maximum absolute atomic E-state index is 13.4. The van der Waals surface area contributed by atoms with Crippen LogP contribution in [-0.4, -0.2) is 36.3 Å². The van der Waals surface area contributed by atoms with E-state index in [0.29, 0.717) is 21.8 Å². The number of carbonyl (C=O) groups is 2. The number of nitrogens with zero attached hydrogens (tertiary/aromatic N) is 2. The van der Waals surface area contributed by atoms with E-state index in [4.69, 9.17) is 11.6 Å². The van der Waals surface area contributed by atoms with Crippen LogP contribution in [0.3, 0.4) is 0 Å². The van der Waals surface area contributed by atoms with Gasteiger partial charge in [0.05, 0.1) is 10.6 Å². The van der Waals surface area contributed by atoms with Gasteiger partial charge in [-0.3, -0.25) is 14.5 Å². The quantitative estimate of drug-likeness (QED) is 0.606. The maximum Gasteiger partial charge on any atom is 0.265 e.